The molecule has 0 aliphatic heterocycles. The maximum Gasteiger partial charge on any atom is 0.392 e. The van der Waals surface area contributed by atoms with Crippen molar-refractivity contribution in [3.8, 4) is 0 Å². The van der Waals surface area contributed by atoms with Crippen molar-refractivity contribution in [2.45, 2.75) is 18.7 Å². The zero-order valence-corrected chi connectivity index (χ0v) is 7.06. The van der Waals surface area contributed by atoms with E-state index in [9.17, 15) is 22.0 Å². The zero-order chi connectivity index (χ0) is 11.2. The van der Waals surface area contributed by atoms with Gasteiger partial charge < -0.3 is 9.47 Å². The monoisotopic (exact) mass is 220 g/mol. The summed E-state index contributed by atoms with van der Waals surface area (Å²) >= 11 is 0. The standard InChI is InChI=1S/C7H9F5O2/c1-2-13-3-4-14-7(11,12)5(8)6(9)10/h2,5-6H,1,3-4H2. The molecule has 1 atom stereocenters. The third kappa shape index (κ3) is 4.40. The zero-order valence-electron chi connectivity index (χ0n) is 7.06. The van der Waals surface area contributed by atoms with Gasteiger partial charge >= 0.3 is 6.11 Å². The fourth-order valence-corrected chi connectivity index (χ4v) is 0.535. The fraction of sp³-hybridized carbons (Fsp3) is 0.714. The van der Waals surface area contributed by atoms with Crippen molar-refractivity contribution in [3.63, 3.8) is 0 Å². The van der Waals surface area contributed by atoms with Crippen LogP contribution < -0.4 is 0 Å². The summed E-state index contributed by atoms with van der Waals surface area (Å²) in [5.41, 5.74) is 0. The lowest BCUT2D eigenvalue weighted by Gasteiger charge is -2.19. The Bertz CT molecular complexity index is 173. The van der Waals surface area contributed by atoms with E-state index in [4.69, 9.17) is 0 Å². The number of ether oxygens (including phenoxy) is 2. The molecule has 0 aromatic heterocycles. The highest BCUT2D eigenvalue weighted by Crippen LogP contribution is 2.27. The second kappa shape index (κ2) is 5.79. The Balaban J connectivity index is 3.87. The maximum atomic E-state index is 12.3. The highest BCUT2D eigenvalue weighted by molar-refractivity contribution is 4.69. The topological polar surface area (TPSA) is 18.5 Å². The molecule has 0 saturated carbocycles. The van der Waals surface area contributed by atoms with E-state index in [0.717, 1.165) is 6.26 Å². The summed E-state index contributed by atoms with van der Waals surface area (Å²) in [7, 11) is 0. The average Bonchev–Trinajstić information content (AvgIpc) is 2.11. The van der Waals surface area contributed by atoms with Gasteiger partial charge in [0.2, 0.25) is 0 Å². The van der Waals surface area contributed by atoms with Gasteiger partial charge in [0.25, 0.3) is 12.6 Å². The highest BCUT2D eigenvalue weighted by Gasteiger charge is 2.47. The number of halogens is 5. The number of hydrogen-bond donors (Lipinski definition) is 0. The van der Waals surface area contributed by atoms with Crippen LogP contribution in [-0.2, 0) is 9.47 Å². The van der Waals surface area contributed by atoms with Gasteiger partial charge in [-0.1, -0.05) is 6.58 Å². The minimum absolute atomic E-state index is 0.310. The van der Waals surface area contributed by atoms with E-state index < -0.39 is 25.3 Å². The van der Waals surface area contributed by atoms with Crippen molar-refractivity contribution in [2.24, 2.45) is 0 Å². The third-order valence-corrected chi connectivity index (χ3v) is 1.16. The minimum Gasteiger partial charge on any atom is -0.499 e. The first-order valence-corrected chi connectivity index (χ1v) is 3.58. The Morgan fingerprint density at radius 1 is 1.21 bits per heavy atom. The predicted molar refractivity (Wildman–Crippen MR) is 37.9 cm³/mol. The molecule has 0 N–H and O–H groups in total. The van der Waals surface area contributed by atoms with Crippen LogP contribution in [0.3, 0.4) is 0 Å². The van der Waals surface area contributed by atoms with Gasteiger partial charge in [-0.3, -0.25) is 0 Å². The molecule has 0 rings (SSSR count). The second-order valence-corrected chi connectivity index (χ2v) is 2.18. The smallest absolute Gasteiger partial charge is 0.392 e. The summed E-state index contributed by atoms with van der Waals surface area (Å²) in [5.74, 6) is 0. The summed E-state index contributed by atoms with van der Waals surface area (Å²) in [6.45, 7) is 2.09. The molecule has 0 aliphatic carbocycles. The lowest BCUT2D eigenvalue weighted by atomic mass is 10.4. The molecule has 0 aliphatic rings. The molecule has 0 spiro atoms. The molecular formula is C7H9F5O2. The molecule has 14 heavy (non-hydrogen) atoms. The van der Waals surface area contributed by atoms with E-state index >= 15 is 0 Å². The summed E-state index contributed by atoms with van der Waals surface area (Å²) < 4.78 is 67.8. The van der Waals surface area contributed by atoms with Gasteiger partial charge in [-0.25, -0.2) is 13.2 Å². The van der Waals surface area contributed by atoms with Crippen molar-refractivity contribution >= 4 is 0 Å². The van der Waals surface area contributed by atoms with Crippen molar-refractivity contribution in [3.05, 3.63) is 12.8 Å². The largest absolute Gasteiger partial charge is 0.499 e. The Hall–Kier alpha value is -0.850. The molecule has 7 heteroatoms. The van der Waals surface area contributed by atoms with Crippen LogP contribution in [0.1, 0.15) is 0 Å². The van der Waals surface area contributed by atoms with Crippen molar-refractivity contribution in [1.82, 2.24) is 0 Å². The molecule has 0 radical (unpaired) electrons. The first-order valence-electron chi connectivity index (χ1n) is 3.58. The van der Waals surface area contributed by atoms with Crippen molar-refractivity contribution in [1.29, 1.82) is 0 Å². The third-order valence-electron chi connectivity index (χ3n) is 1.16. The molecule has 0 aromatic carbocycles. The lowest BCUT2D eigenvalue weighted by molar-refractivity contribution is -0.293. The van der Waals surface area contributed by atoms with Crippen LogP contribution in [0.15, 0.2) is 12.8 Å². The number of rotatable bonds is 7. The summed E-state index contributed by atoms with van der Waals surface area (Å²) in [6, 6.07) is 0. The van der Waals surface area contributed by atoms with E-state index in [1.807, 2.05) is 0 Å². The molecular weight excluding hydrogens is 211 g/mol. The maximum absolute atomic E-state index is 12.3. The van der Waals surface area contributed by atoms with Crippen LogP contribution in [0.25, 0.3) is 0 Å². The molecule has 1 unspecified atom stereocenters. The Labute approximate surface area is 77.3 Å². The van der Waals surface area contributed by atoms with E-state index in [0.29, 0.717) is 0 Å². The van der Waals surface area contributed by atoms with Crippen LogP contribution >= 0.6 is 0 Å². The lowest BCUT2D eigenvalue weighted by Crippen LogP contribution is -2.38. The van der Waals surface area contributed by atoms with Crippen LogP contribution in [0.2, 0.25) is 0 Å². The van der Waals surface area contributed by atoms with Gasteiger partial charge in [-0.15, -0.1) is 0 Å². The quantitative estimate of drug-likeness (QED) is 0.372. The number of alkyl halides is 5. The molecule has 0 fully saturated rings. The van der Waals surface area contributed by atoms with Crippen molar-refractivity contribution in [2.75, 3.05) is 13.2 Å². The predicted octanol–water partition coefficient (Wildman–Crippen LogP) is 2.36. The van der Waals surface area contributed by atoms with Gasteiger partial charge in [0.1, 0.15) is 6.61 Å². The Morgan fingerprint density at radius 3 is 2.21 bits per heavy atom. The Kier molecular flexibility index (Phi) is 5.44. The molecule has 0 saturated heterocycles. The van der Waals surface area contributed by atoms with Gasteiger partial charge in [0.15, 0.2) is 0 Å². The average molecular weight is 220 g/mol. The minimum atomic E-state index is -4.50. The first-order chi connectivity index (χ1) is 6.41. The molecule has 84 valence electrons. The normalized spacial score (nSPS) is 14.1. The van der Waals surface area contributed by atoms with Crippen LogP contribution in [0.5, 0.6) is 0 Å². The van der Waals surface area contributed by atoms with E-state index in [2.05, 4.69) is 16.1 Å². The van der Waals surface area contributed by atoms with Crippen LogP contribution in [0, 0.1) is 0 Å². The van der Waals surface area contributed by atoms with Crippen LogP contribution in [-0.4, -0.2) is 31.9 Å². The number of hydrogen-bond acceptors (Lipinski definition) is 2. The summed E-state index contributed by atoms with van der Waals surface area (Å²) in [4.78, 5) is 0. The van der Waals surface area contributed by atoms with E-state index in [1.54, 1.807) is 0 Å². The van der Waals surface area contributed by atoms with Crippen LogP contribution in [0.4, 0.5) is 22.0 Å². The van der Waals surface area contributed by atoms with Gasteiger partial charge in [0, 0.05) is 0 Å². The molecule has 0 amide bonds. The second-order valence-electron chi connectivity index (χ2n) is 2.18. The van der Waals surface area contributed by atoms with Gasteiger partial charge in [-0.2, -0.15) is 8.78 Å². The highest BCUT2D eigenvalue weighted by atomic mass is 19.3. The van der Waals surface area contributed by atoms with Gasteiger partial charge in [-0.05, 0) is 0 Å². The molecule has 2 nitrogen and oxygen atoms in total. The Morgan fingerprint density at radius 2 is 1.79 bits per heavy atom. The molecule has 0 bridgehead atoms. The first kappa shape index (κ1) is 13.2. The van der Waals surface area contributed by atoms with Gasteiger partial charge in [0.05, 0.1) is 12.9 Å². The van der Waals surface area contributed by atoms with Crippen molar-refractivity contribution < 1.29 is 31.4 Å². The summed E-state index contributed by atoms with van der Waals surface area (Å²) in [6.07, 6.45) is -11.0. The molecule has 0 aromatic rings. The van der Waals surface area contributed by atoms with E-state index in [-0.39, 0.29) is 6.61 Å². The SMILES string of the molecule is C=COCCOC(F)(F)C(F)C(F)F. The summed E-state index contributed by atoms with van der Waals surface area (Å²) in [5, 5.41) is 0. The molecule has 0 heterocycles. The fourth-order valence-electron chi connectivity index (χ4n) is 0.535. The van der Waals surface area contributed by atoms with E-state index in [1.165, 1.54) is 0 Å².